The fourth-order valence-corrected chi connectivity index (χ4v) is 1.68. The van der Waals surface area contributed by atoms with Gasteiger partial charge in [-0.3, -0.25) is 0 Å². The van der Waals surface area contributed by atoms with Crippen molar-refractivity contribution in [2.24, 2.45) is 4.99 Å². The van der Waals surface area contributed by atoms with E-state index in [0.717, 1.165) is 17.5 Å². The number of halogens is 1. The van der Waals surface area contributed by atoms with Gasteiger partial charge in [0.25, 0.3) is 0 Å². The van der Waals surface area contributed by atoms with E-state index in [4.69, 9.17) is 9.47 Å². The van der Waals surface area contributed by atoms with Crippen molar-refractivity contribution in [2.45, 2.75) is 0 Å². The maximum Gasteiger partial charge on any atom is 0.195 e. The molecule has 0 aliphatic rings. The van der Waals surface area contributed by atoms with Crippen LogP contribution in [0.4, 0.5) is 0 Å². The molecule has 0 bridgehead atoms. The summed E-state index contributed by atoms with van der Waals surface area (Å²) < 4.78 is 10.8. The van der Waals surface area contributed by atoms with Gasteiger partial charge in [-0.1, -0.05) is 6.07 Å². The average Bonchev–Trinajstić information content (AvgIpc) is 2.37. The molecule has 6 heteroatoms. The van der Waals surface area contributed by atoms with Crippen LogP contribution in [0.25, 0.3) is 0 Å². The zero-order valence-corrected chi connectivity index (χ0v) is 15.1. The average molecular weight is 393 g/mol. The van der Waals surface area contributed by atoms with Crippen LogP contribution in [0.5, 0.6) is 11.5 Å². The molecule has 0 aliphatic carbocycles. The molecule has 0 N–H and O–H groups in total. The van der Waals surface area contributed by atoms with Gasteiger partial charge in [0.15, 0.2) is 5.96 Å². The van der Waals surface area contributed by atoms with Gasteiger partial charge in [-0.05, 0) is 12.1 Å². The lowest BCUT2D eigenvalue weighted by Gasteiger charge is -2.22. The Morgan fingerprint density at radius 2 is 1.70 bits per heavy atom. The summed E-state index contributed by atoms with van der Waals surface area (Å²) in [7, 11) is 9.54. The number of methoxy groups -OCH3 is 1. The fourth-order valence-electron chi connectivity index (χ4n) is 1.68. The van der Waals surface area contributed by atoms with Gasteiger partial charge in [-0.25, -0.2) is 4.99 Å². The molecule has 0 heterocycles. The van der Waals surface area contributed by atoms with Crippen molar-refractivity contribution < 1.29 is 9.47 Å². The standard InChI is InChI=1S/C14H23N3O2.HI/c1-16(2)14(17(3)4)15-9-10-19-13-8-6-7-12(11-13)18-5;/h6-8,11H,9-10H2,1-5H3;1H. The molecule has 0 radical (unpaired) electrons. The molecule has 0 atom stereocenters. The molecule has 1 rings (SSSR count). The summed E-state index contributed by atoms with van der Waals surface area (Å²) in [5.74, 6) is 2.52. The molecule has 114 valence electrons. The van der Waals surface area contributed by atoms with Gasteiger partial charge < -0.3 is 19.3 Å². The minimum absolute atomic E-state index is 0. The Balaban J connectivity index is 0.00000361. The molecule has 1 aromatic rings. The van der Waals surface area contributed by atoms with Gasteiger partial charge in [0.05, 0.1) is 13.7 Å². The number of hydrogen-bond donors (Lipinski definition) is 0. The summed E-state index contributed by atoms with van der Waals surface area (Å²) in [5.41, 5.74) is 0. The van der Waals surface area contributed by atoms with Crippen LogP contribution in [-0.4, -0.2) is 64.2 Å². The van der Waals surface area contributed by atoms with E-state index in [0.29, 0.717) is 13.2 Å². The van der Waals surface area contributed by atoms with Crippen LogP contribution in [-0.2, 0) is 0 Å². The maximum atomic E-state index is 5.63. The lowest BCUT2D eigenvalue weighted by molar-refractivity contribution is 0.323. The lowest BCUT2D eigenvalue weighted by Crippen LogP contribution is -2.35. The third-order valence-electron chi connectivity index (χ3n) is 2.45. The summed E-state index contributed by atoms with van der Waals surface area (Å²) in [6, 6.07) is 7.57. The summed E-state index contributed by atoms with van der Waals surface area (Å²) in [5, 5.41) is 0. The highest BCUT2D eigenvalue weighted by atomic mass is 127. The minimum Gasteiger partial charge on any atom is -0.497 e. The van der Waals surface area contributed by atoms with Gasteiger partial charge in [-0.15, -0.1) is 24.0 Å². The summed E-state index contributed by atoms with van der Waals surface area (Å²) in [4.78, 5) is 8.45. The predicted octanol–water partition coefficient (Wildman–Crippen LogP) is 2.17. The molecule has 0 spiro atoms. The van der Waals surface area contributed by atoms with E-state index in [-0.39, 0.29) is 24.0 Å². The van der Waals surface area contributed by atoms with E-state index < -0.39 is 0 Å². The van der Waals surface area contributed by atoms with Crippen LogP contribution in [0.3, 0.4) is 0 Å². The highest BCUT2D eigenvalue weighted by molar-refractivity contribution is 14.0. The van der Waals surface area contributed by atoms with Gasteiger partial charge in [0.2, 0.25) is 0 Å². The van der Waals surface area contributed by atoms with Crippen LogP contribution >= 0.6 is 24.0 Å². The van der Waals surface area contributed by atoms with Crippen molar-refractivity contribution in [2.75, 3.05) is 48.5 Å². The topological polar surface area (TPSA) is 37.3 Å². The number of ether oxygens (including phenoxy) is 2. The predicted molar refractivity (Wildman–Crippen MR) is 93.6 cm³/mol. The van der Waals surface area contributed by atoms with E-state index in [1.165, 1.54) is 0 Å². The number of hydrogen-bond acceptors (Lipinski definition) is 3. The molecule has 0 fully saturated rings. The first-order valence-corrected chi connectivity index (χ1v) is 6.20. The number of guanidine groups is 1. The zero-order chi connectivity index (χ0) is 14.3. The Morgan fingerprint density at radius 3 is 2.25 bits per heavy atom. The molecular formula is C14H24IN3O2. The van der Waals surface area contributed by atoms with Crippen LogP contribution in [0.2, 0.25) is 0 Å². The molecule has 0 aromatic heterocycles. The lowest BCUT2D eigenvalue weighted by atomic mass is 10.3. The smallest absolute Gasteiger partial charge is 0.195 e. The monoisotopic (exact) mass is 393 g/mol. The number of benzene rings is 1. The zero-order valence-electron chi connectivity index (χ0n) is 12.8. The summed E-state index contributed by atoms with van der Waals surface area (Å²) >= 11 is 0. The summed E-state index contributed by atoms with van der Waals surface area (Å²) in [6.07, 6.45) is 0. The highest BCUT2D eigenvalue weighted by Crippen LogP contribution is 2.18. The number of aliphatic imine (C=N–C) groups is 1. The molecule has 0 aliphatic heterocycles. The van der Waals surface area contributed by atoms with Crippen molar-refractivity contribution in [3.05, 3.63) is 24.3 Å². The first-order chi connectivity index (χ1) is 9.04. The highest BCUT2D eigenvalue weighted by Gasteiger charge is 2.03. The molecule has 5 nitrogen and oxygen atoms in total. The summed E-state index contributed by atoms with van der Waals surface area (Å²) in [6.45, 7) is 1.15. The fraction of sp³-hybridized carbons (Fsp3) is 0.500. The quantitative estimate of drug-likeness (QED) is 0.333. The SMILES string of the molecule is COc1cccc(OCCN=C(N(C)C)N(C)C)c1.I. The van der Waals surface area contributed by atoms with E-state index in [1.807, 2.05) is 62.3 Å². The molecule has 0 saturated carbocycles. The van der Waals surface area contributed by atoms with Gasteiger partial charge in [-0.2, -0.15) is 0 Å². The molecule has 1 aromatic carbocycles. The van der Waals surface area contributed by atoms with E-state index in [1.54, 1.807) is 7.11 Å². The Labute approximate surface area is 138 Å². The first-order valence-electron chi connectivity index (χ1n) is 6.20. The first kappa shape index (κ1) is 18.8. The van der Waals surface area contributed by atoms with Crippen molar-refractivity contribution in [1.29, 1.82) is 0 Å². The molecule has 0 amide bonds. The largest absolute Gasteiger partial charge is 0.497 e. The number of rotatable bonds is 5. The van der Waals surface area contributed by atoms with Crippen molar-refractivity contribution in [3.63, 3.8) is 0 Å². The molecule has 20 heavy (non-hydrogen) atoms. The van der Waals surface area contributed by atoms with Crippen molar-refractivity contribution >= 4 is 29.9 Å². The second kappa shape index (κ2) is 9.68. The van der Waals surface area contributed by atoms with Gasteiger partial charge in [0.1, 0.15) is 18.1 Å². The van der Waals surface area contributed by atoms with Crippen molar-refractivity contribution in [3.8, 4) is 11.5 Å². The Bertz CT molecular complexity index is 413. The Morgan fingerprint density at radius 1 is 1.10 bits per heavy atom. The third-order valence-corrected chi connectivity index (χ3v) is 2.45. The van der Waals surface area contributed by atoms with E-state index >= 15 is 0 Å². The Kier molecular flexibility index (Phi) is 9.11. The minimum atomic E-state index is 0. The van der Waals surface area contributed by atoms with Crippen molar-refractivity contribution in [1.82, 2.24) is 9.80 Å². The van der Waals surface area contributed by atoms with Gasteiger partial charge >= 0.3 is 0 Å². The van der Waals surface area contributed by atoms with E-state index in [9.17, 15) is 0 Å². The normalized spacial score (nSPS) is 9.25. The van der Waals surface area contributed by atoms with Crippen LogP contribution in [0.15, 0.2) is 29.3 Å². The second-order valence-electron chi connectivity index (χ2n) is 4.50. The van der Waals surface area contributed by atoms with Crippen LogP contribution in [0.1, 0.15) is 0 Å². The third kappa shape index (κ3) is 6.31. The molecular weight excluding hydrogens is 369 g/mol. The van der Waals surface area contributed by atoms with E-state index in [2.05, 4.69) is 4.99 Å². The molecule has 0 saturated heterocycles. The maximum absolute atomic E-state index is 5.63. The Hall–Kier alpha value is -1.18. The van der Waals surface area contributed by atoms with Crippen LogP contribution < -0.4 is 9.47 Å². The number of nitrogens with zero attached hydrogens (tertiary/aromatic N) is 3. The van der Waals surface area contributed by atoms with Gasteiger partial charge in [0, 0.05) is 34.3 Å². The second-order valence-corrected chi connectivity index (χ2v) is 4.50. The molecule has 0 unspecified atom stereocenters. The van der Waals surface area contributed by atoms with Crippen LogP contribution in [0, 0.1) is 0 Å².